The van der Waals surface area contributed by atoms with E-state index >= 15 is 0 Å². The Balaban J connectivity index is 1.80. The minimum Gasteiger partial charge on any atom is -0.405 e. The number of nitrogens with one attached hydrogen (secondary N) is 2. The van der Waals surface area contributed by atoms with Crippen molar-refractivity contribution in [3.8, 4) is 5.75 Å². The van der Waals surface area contributed by atoms with Crippen molar-refractivity contribution in [2.75, 3.05) is 6.54 Å². The van der Waals surface area contributed by atoms with E-state index in [1.807, 2.05) is 0 Å². The molecule has 0 radical (unpaired) electrons. The first-order valence-corrected chi connectivity index (χ1v) is 7.44. The monoisotopic (exact) mass is 328 g/mol. The Hall–Kier alpha value is -2.18. The molecule has 1 aliphatic rings. The third-order valence-corrected chi connectivity index (χ3v) is 3.57. The number of urea groups is 1. The molecule has 0 spiro atoms. The second kappa shape index (κ2) is 7.89. The van der Waals surface area contributed by atoms with Crippen molar-refractivity contribution in [2.45, 2.75) is 32.2 Å². The molecule has 1 aliphatic carbocycles. The van der Waals surface area contributed by atoms with E-state index in [9.17, 15) is 18.0 Å². The van der Waals surface area contributed by atoms with Crippen molar-refractivity contribution < 1.29 is 22.7 Å². The average Bonchev–Trinajstić information content (AvgIpc) is 2.51. The van der Waals surface area contributed by atoms with Crippen LogP contribution in [0.2, 0.25) is 0 Å². The van der Waals surface area contributed by atoms with Crippen molar-refractivity contribution in [1.82, 2.24) is 10.6 Å². The Labute approximate surface area is 132 Å². The number of allylic oxidation sites excluding steroid dienone is 2. The Bertz CT molecular complexity index is 559. The number of carbonyl (C=O) groups is 1. The summed E-state index contributed by atoms with van der Waals surface area (Å²) in [6, 6.07) is 5.33. The highest BCUT2D eigenvalue weighted by molar-refractivity contribution is 5.73. The zero-order valence-electron chi connectivity index (χ0n) is 12.5. The van der Waals surface area contributed by atoms with Gasteiger partial charge in [-0.1, -0.05) is 30.4 Å². The number of amides is 2. The molecule has 1 atom stereocenters. The van der Waals surface area contributed by atoms with Gasteiger partial charge in [-0.25, -0.2) is 4.79 Å². The summed E-state index contributed by atoms with van der Waals surface area (Å²) in [5.41, 5.74) is 0.264. The molecule has 4 nitrogen and oxygen atoms in total. The number of alkyl halides is 3. The van der Waals surface area contributed by atoms with Crippen LogP contribution in [0.3, 0.4) is 0 Å². The molecule has 0 fully saturated rings. The Kier molecular flexibility index (Phi) is 5.90. The van der Waals surface area contributed by atoms with Gasteiger partial charge in [-0.05, 0) is 31.2 Å². The van der Waals surface area contributed by atoms with Crippen LogP contribution in [0.1, 0.15) is 24.8 Å². The molecule has 0 bridgehead atoms. The fourth-order valence-electron chi connectivity index (χ4n) is 2.39. The zero-order chi connectivity index (χ0) is 16.7. The van der Waals surface area contributed by atoms with Crippen LogP contribution in [-0.4, -0.2) is 18.9 Å². The summed E-state index contributed by atoms with van der Waals surface area (Å²) in [5, 5.41) is 5.29. The predicted molar refractivity (Wildman–Crippen MR) is 79.8 cm³/mol. The quantitative estimate of drug-likeness (QED) is 0.809. The van der Waals surface area contributed by atoms with Crippen molar-refractivity contribution in [3.63, 3.8) is 0 Å². The van der Waals surface area contributed by atoms with Crippen LogP contribution in [-0.2, 0) is 6.54 Å². The third-order valence-electron chi connectivity index (χ3n) is 3.57. The predicted octanol–water partition coefficient (Wildman–Crippen LogP) is 3.74. The number of rotatable bonds is 5. The van der Waals surface area contributed by atoms with Gasteiger partial charge in [0.1, 0.15) is 5.75 Å². The van der Waals surface area contributed by atoms with E-state index in [1.165, 1.54) is 18.2 Å². The number of ether oxygens (including phenoxy) is 1. The molecular formula is C16H19F3N2O2. The first-order chi connectivity index (χ1) is 10.9. The maximum atomic E-state index is 12.3. The Morgan fingerprint density at radius 1 is 1.22 bits per heavy atom. The molecular weight excluding hydrogens is 309 g/mol. The topological polar surface area (TPSA) is 50.4 Å². The van der Waals surface area contributed by atoms with Crippen LogP contribution < -0.4 is 15.4 Å². The Morgan fingerprint density at radius 2 is 2.00 bits per heavy atom. The van der Waals surface area contributed by atoms with Gasteiger partial charge in [-0.15, -0.1) is 13.2 Å². The van der Waals surface area contributed by atoms with Crippen LogP contribution in [0.5, 0.6) is 5.75 Å². The van der Waals surface area contributed by atoms with E-state index in [1.54, 1.807) is 6.07 Å². The number of hydrogen-bond donors (Lipinski definition) is 2. The van der Waals surface area contributed by atoms with Crippen molar-refractivity contribution in [1.29, 1.82) is 0 Å². The molecule has 0 saturated heterocycles. The summed E-state index contributed by atoms with van der Waals surface area (Å²) in [7, 11) is 0. The highest BCUT2D eigenvalue weighted by atomic mass is 19.4. The Morgan fingerprint density at radius 3 is 2.70 bits per heavy atom. The lowest BCUT2D eigenvalue weighted by atomic mass is 9.94. The summed E-state index contributed by atoms with van der Waals surface area (Å²) < 4.78 is 40.9. The fraction of sp³-hybridized carbons (Fsp3) is 0.438. The van der Waals surface area contributed by atoms with Gasteiger partial charge < -0.3 is 15.4 Å². The zero-order valence-corrected chi connectivity index (χ0v) is 12.5. The number of carbonyl (C=O) groups excluding carboxylic acids is 1. The maximum absolute atomic E-state index is 12.3. The van der Waals surface area contributed by atoms with E-state index in [4.69, 9.17) is 0 Å². The molecule has 126 valence electrons. The van der Waals surface area contributed by atoms with Gasteiger partial charge in [-0.2, -0.15) is 0 Å². The van der Waals surface area contributed by atoms with E-state index in [2.05, 4.69) is 27.5 Å². The van der Waals surface area contributed by atoms with Gasteiger partial charge in [0.15, 0.2) is 0 Å². The fourth-order valence-corrected chi connectivity index (χ4v) is 2.39. The van der Waals surface area contributed by atoms with Crippen LogP contribution >= 0.6 is 0 Å². The summed E-state index contributed by atoms with van der Waals surface area (Å²) >= 11 is 0. The number of benzene rings is 1. The average molecular weight is 328 g/mol. The van der Waals surface area contributed by atoms with Crippen molar-refractivity contribution in [3.05, 3.63) is 42.0 Å². The summed E-state index contributed by atoms with van der Waals surface area (Å²) in [6.07, 6.45) is 2.43. The molecule has 2 rings (SSSR count). The number of halogens is 3. The lowest BCUT2D eigenvalue weighted by Gasteiger charge is -2.18. The van der Waals surface area contributed by atoms with E-state index < -0.39 is 12.4 Å². The highest BCUT2D eigenvalue weighted by Crippen LogP contribution is 2.26. The number of hydrogen-bond acceptors (Lipinski definition) is 2. The van der Waals surface area contributed by atoms with Gasteiger partial charge in [-0.3, -0.25) is 0 Å². The smallest absolute Gasteiger partial charge is 0.405 e. The van der Waals surface area contributed by atoms with E-state index in [0.29, 0.717) is 12.5 Å². The third kappa shape index (κ3) is 6.22. The minimum atomic E-state index is -4.76. The second-order valence-electron chi connectivity index (χ2n) is 5.37. The molecule has 0 aliphatic heterocycles. The molecule has 0 heterocycles. The normalized spacial score (nSPS) is 17.6. The standard InChI is InChI=1S/C16H19F3N2O2/c17-16(18,19)23-14-9-5-4-8-13(14)11-21-15(22)20-10-12-6-2-1-3-7-12/h1-2,4-5,8-9,12H,3,6-7,10-11H2,(H2,20,21,22). The first kappa shape index (κ1) is 17.2. The lowest BCUT2D eigenvalue weighted by Crippen LogP contribution is -2.38. The largest absolute Gasteiger partial charge is 0.573 e. The SMILES string of the molecule is O=C(NCc1ccccc1OC(F)(F)F)NCC1CC=CCC1. The van der Waals surface area contributed by atoms with Crippen LogP contribution in [0, 0.1) is 5.92 Å². The van der Waals surface area contributed by atoms with Crippen molar-refractivity contribution >= 4 is 6.03 Å². The van der Waals surface area contributed by atoms with E-state index in [0.717, 1.165) is 19.3 Å². The van der Waals surface area contributed by atoms with Crippen molar-refractivity contribution in [2.24, 2.45) is 5.92 Å². The van der Waals surface area contributed by atoms with Gasteiger partial charge in [0.25, 0.3) is 0 Å². The molecule has 23 heavy (non-hydrogen) atoms. The molecule has 2 amide bonds. The maximum Gasteiger partial charge on any atom is 0.573 e. The second-order valence-corrected chi connectivity index (χ2v) is 5.37. The molecule has 7 heteroatoms. The molecule has 1 unspecified atom stereocenters. The van der Waals surface area contributed by atoms with Crippen LogP contribution in [0.4, 0.5) is 18.0 Å². The molecule has 1 aromatic carbocycles. The molecule has 0 aromatic heterocycles. The van der Waals surface area contributed by atoms with Gasteiger partial charge in [0.2, 0.25) is 0 Å². The summed E-state index contributed by atoms with van der Waals surface area (Å²) in [5.74, 6) is 0.101. The first-order valence-electron chi connectivity index (χ1n) is 7.44. The molecule has 1 aromatic rings. The van der Waals surface area contributed by atoms with Crippen LogP contribution in [0.15, 0.2) is 36.4 Å². The number of para-hydroxylation sites is 1. The van der Waals surface area contributed by atoms with Gasteiger partial charge >= 0.3 is 12.4 Å². The summed E-state index contributed by atoms with van der Waals surface area (Å²) in [6.45, 7) is 0.513. The highest BCUT2D eigenvalue weighted by Gasteiger charge is 2.31. The van der Waals surface area contributed by atoms with E-state index in [-0.39, 0.29) is 17.9 Å². The summed E-state index contributed by atoms with van der Waals surface area (Å²) in [4.78, 5) is 11.8. The molecule has 2 N–H and O–H groups in total. The van der Waals surface area contributed by atoms with Gasteiger partial charge in [0, 0.05) is 18.7 Å². The lowest BCUT2D eigenvalue weighted by molar-refractivity contribution is -0.274. The minimum absolute atomic E-state index is 0.0390. The molecule has 0 saturated carbocycles. The van der Waals surface area contributed by atoms with Gasteiger partial charge in [0.05, 0.1) is 0 Å². The van der Waals surface area contributed by atoms with Crippen LogP contribution in [0.25, 0.3) is 0 Å².